The van der Waals surface area contributed by atoms with Gasteiger partial charge in [0.15, 0.2) is 5.69 Å². The zero-order valence-electron chi connectivity index (χ0n) is 9.36. The van der Waals surface area contributed by atoms with Crippen molar-refractivity contribution in [3.63, 3.8) is 0 Å². The van der Waals surface area contributed by atoms with Crippen LogP contribution in [0.3, 0.4) is 0 Å². The van der Waals surface area contributed by atoms with Gasteiger partial charge in [-0.25, -0.2) is 4.85 Å². The fourth-order valence-electron chi connectivity index (χ4n) is 1.69. The second-order valence-corrected chi connectivity index (χ2v) is 3.82. The molecule has 0 spiro atoms. The van der Waals surface area contributed by atoms with Gasteiger partial charge in [0.25, 0.3) is 0 Å². The zero-order valence-corrected chi connectivity index (χ0v) is 9.36. The minimum atomic E-state index is 0.700. The van der Waals surface area contributed by atoms with Crippen molar-refractivity contribution in [2.75, 3.05) is 0 Å². The van der Waals surface area contributed by atoms with Crippen molar-refractivity contribution in [1.29, 1.82) is 0 Å². The maximum atomic E-state index is 7.19. The van der Waals surface area contributed by atoms with E-state index < -0.39 is 0 Å². The monoisotopic (exact) mass is 208 g/mol. The summed E-state index contributed by atoms with van der Waals surface area (Å²) >= 11 is 0. The van der Waals surface area contributed by atoms with Gasteiger partial charge < -0.3 is 0 Å². The van der Waals surface area contributed by atoms with E-state index in [-0.39, 0.29) is 0 Å². The average Bonchev–Trinajstić information content (AvgIpc) is 2.28. The van der Waals surface area contributed by atoms with Crippen LogP contribution >= 0.6 is 0 Å². The number of hydrogen-bond donors (Lipinski definition) is 0. The summed E-state index contributed by atoms with van der Waals surface area (Å²) in [6.07, 6.45) is 1.78. The number of hydrogen-bond acceptors (Lipinski definition) is 1. The van der Waals surface area contributed by atoms with Crippen LogP contribution in [0, 0.1) is 20.4 Å². The van der Waals surface area contributed by atoms with Crippen LogP contribution in [-0.4, -0.2) is 4.98 Å². The number of pyridine rings is 1. The van der Waals surface area contributed by atoms with Crippen molar-refractivity contribution < 1.29 is 0 Å². The van der Waals surface area contributed by atoms with E-state index in [1.807, 2.05) is 44.2 Å². The smallest absolute Gasteiger partial charge is 0.195 e. The van der Waals surface area contributed by atoms with Gasteiger partial charge in [0.1, 0.15) is 0 Å². The predicted octanol–water partition coefficient (Wildman–Crippen LogP) is 3.92. The lowest BCUT2D eigenvalue weighted by Crippen LogP contribution is -1.84. The van der Waals surface area contributed by atoms with Crippen molar-refractivity contribution in [1.82, 2.24) is 4.98 Å². The largest absolute Gasteiger partial charge is 0.262 e. The van der Waals surface area contributed by atoms with Gasteiger partial charge >= 0.3 is 0 Å². The summed E-state index contributed by atoms with van der Waals surface area (Å²) in [6, 6.07) is 9.88. The van der Waals surface area contributed by atoms with E-state index >= 15 is 0 Å². The molecule has 0 saturated heterocycles. The second kappa shape index (κ2) is 4.16. The standard InChI is InChI=1S/C14H12N2/c1-10-4-5-13(14(8-10)15-3)12-6-7-16-11(2)9-12/h4-9H,1-2H3. The molecule has 0 fully saturated rings. The number of aryl methyl sites for hydroxylation is 2. The molecule has 1 aromatic carbocycles. The minimum Gasteiger partial charge on any atom is -0.262 e. The maximum Gasteiger partial charge on any atom is 0.195 e. The van der Waals surface area contributed by atoms with Crippen LogP contribution in [0.15, 0.2) is 36.5 Å². The van der Waals surface area contributed by atoms with Crippen molar-refractivity contribution in [2.45, 2.75) is 13.8 Å². The van der Waals surface area contributed by atoms with Gasteiger partial charge in [-0.15, -0.1) is 0 Å². The first-order valence-electron chi connectivity index (χ1n) is 5.12. The molecule has 0 atom stereocenters. The van der Waals surface area contributed by atoms with Crippen LogP contribution in [-0.2, 0) is 0 Å². The molecule has 0 bridgehead atoms. The Morgan fingerprint density at radius 1 is 1.12 bits per heavy atom. The molecular formula is C14H12N2. The lowest BCUT2D eigenvalue weighted by molar-refractivity contribution is 1.20. The first kappa shape index (κ1) is 10.4. The van der Waals surface area contributed by atoms with Crippen LogP contribution in [0.1, 0.15) is 11.3 Å². The Labute approximate surface area is 95.4 Å². The summed E-state index contributed by atoms with van der Waals surface area (Å²) in [5.41, 5.74) is 4.81. The van der Waals surface area contributed by atoms with Crippen LogP contribution < -0.4 is 0 Å². The zero-order chi connectivity index (χ0) is 11.5. The molecule has 2 aromatic rings. The number of rotatable bonds is 1. The third kappa shape index (κ3) is 1.94. The quantitative estimate of drug-likeness (QED) is 0.649. The molecule has 0 unspecified atom stereocenters. The molecule has 1 aromatic heterocycles. The van der Waals surface area contributed by atoms with Gasteiger partial charge in [-0.2, -0.15) is 0 Å². The highest BCUT2D eigenvalue weighted by Crippen LogP contribution is 2.31. The van der Waals surface area contributed by atoms with Crippen LogP contribution in [0.4, 0.5) is 5.69 Å². The normalized spacial score (nSPS) is 9.81. The first-order chi connectivity index (χ1) is 7.70. The van der Waals surface area contributed by atoms with Gasteiger partial charge in [-0.3, -0.25) is 4.98 Å². The maximum absolute atomic E-state index is 7.19. The summed E-state index contributed by atoms with van der Waals surface area (Å²) in [5, 5.41) is 0. The minimum absolute atomic E-state index is 0.700. The molecule has 1 heterocycles. The van der Waals surface area contributed by atoms with Crippen molar-refractivity contribution in [3.05, 3.63) is 59.2 Å². The van der Waals surface area contributed by atoms with Crippen molar-refractivity contribution >= 4 is 5.69 Å². The molecule has 16 heavy (non-hydrogen) atoms. The summed E-state index contributed by atoms with van der Waals surface area (Å²) in [5.74, 6) is 0. The molecule has 2 nitrogen and oxygen atoms in total. The lowest BCUT2D eigenvalue weighted by atomic mass is 10.0. The average molecular weight is 208 g/mol. The van der Waals surface area contributed by atoms with E-state index in [2.05, 4.69) is 9.83 Å². The molecule has 0 amide bonds. The summed E-state index contributed by atoms with van der Waals surface area (Å²) < 4.78 is 0. The Bertz CT molecular complexity index is 565. The van der Waals surface area contributed by atoms with Crippen LogP contribution in [0.2, 0.25) is 0 Å². The summed E-state index contributed by atoms with van der Waals surface area (Å²) in [7, 11) is 0. The Morgan fingerprint density at radius 3 is 2.62 bits per heavy atom. The van der Waals surface area contributed by atoms with Crippen LogP contribution in [0.25, 0.3) is 16.0 Å². The van der Waals surface area contributed by atoms with Gasteiger partial charge in [-0.05, 0) is 37.1 Å². The molecule has 2 heteroatoms. The molecule has 0 aliphatic heterocycles. The van der Waals surface area contributed by atoms with E-state index in [1.54, 1.807) is 6.20 Å². The van der Waals surface area contributed by atoms with E-state index in [1.165, 1.54) is 0 Å². The SMILES string of the molecule is [C-]#[N+]c1cc(C)ccc1-c1ccnc(C)c1. The predicted molar refractivity (Wildman–Crippen MR) is 65.4 cm³/mol. The molecule has 2 rings (SSSR count). The van der Waals surface area contributed by atoms with E-state index in [9.17, 15) is 0 Å². The topological polar surface area (TPSA) is 17.2 Å². The Balaban J connectivity index is 2.61. The number of aromatic nitrogens is 1. The highest BCUT2D eigenvalue weighted by atomic mass is 14.7. The van der Waals surface area contributed by atoms with E-state index in [0.717, 1.165) is 22.4 Å². The highest BCUT2D eigenvalue weighted by Gasteiger charge is 2.05. The summed E-state index contributed by atoms with van der Waals surface area (Å²) in [4.78, 5) is 7.73. The fraction of sp³-hybridized carbons (Fsp3) is 0.143. The molecule has 78 valence electrons. The molecular weight excluding hydrogens is 196 g/mol. The molecule has 0 saturated carbocycles. The van der Waals surface area contributed by atoms with Crippen LogP contribution in [0.5, 0.6) is 0 Å². The fourth-order valence-corrected chi connectivity index (χ4v) is 1.69. The van der Waals surface area contributed by atoms with E-state index in [0.29, 0.717) is 5.69 Å². The third-order valence-electron chi connectivity index (χ3n) is 2.48. The molecule has 0 radical (unpaired) electrons. The molecule has 0 aliphatic rings. The first-order valence-corrected chi connectivity index (χ1v) is 5.12. The number of benzene rings is 1. The van der Waals surface area contributed by atoms with Crippen molar-refractivity contribution in [3.8, 4) is 11.1 Å². The third-order valence-corrected chi connectivity index (χ3v) is 2.48. The van der Waals surface area contributed by atoms with Gasteiger partial charge in [0.2, 0.25) is 0 Å². The Morgan fingerprint density at radius 2 is 1.94 bits per heavy atom. The Kier molecular flexibility index (Phi) is 2.70. The highest BCUT2D eigenvalue weighted by molar-refractivity contribution is 5.78. The lowest BCUT2D eigenvalue weighted by Gasteiger charge is -2.05. The van der Waals surface area contributed by atoms with Gasteiger partial charge in [0.05, 0.1) is 6.57 Å². The van der Waals surface area contributed by atoms with Gasteiger partial charge in [0, 0.05) is 11.9 Å². The molecule has 0 aliphatic carbocycles. The Hall–Kier alpha value is -2.14. The van der Waals surface area contributed by atoms with Gasteiger partial charge in [-0.1, -0.05) is 23.8 Å². The second-order valence-electron chi connectivity index (χ2n) is 3.82. The molecule has 0 N–H and O–H groups in total. The van der Waals surface area contributed by atoms with E-state index in [4.69, 9.17) is 6.57 Å². The number of nitrogens with zero attached hydrogens (tertiary/aromatic N) is 2. The summed E-state index contributed by atoms with van der Waals surface area (Å²) in [6.45, 7) is 11.1. The van der Waals surface area contributed by atoms with Crippen molar-refractivity contribution in [2.24, 2.45) is 0 Å².